The summed E-state index contributed by atoms with van der Waals surface area (Å²) in [7, 11) is 0. The van der Waals surface area contributed by atoms with Crippen molar-refractivity contribution in [2.45, 2.75) is 32.4 Å². The number of aliphatic imine (C=N–C) groups is 1. The van der Waals surface area contributed by atoms with E-state index in [0.29, 0.717) is 12.6 Å². The molecule has 0 bridgehead atoms. The summed E-state index contributed by atoms with van der Waals surface area (Å²) in [5, 5.41) is 9.19. The highest BCUT2D eigenvalue weighted by Crippen LogP contribution is 2.27. The highest BCUT2D eigenvalue weighted by atomic mass is 32.1. The first kappa shape index (κ1) is 20.9. The van der Waals surface area contributed by atoms with Crippen LogP contribution in [0.2, 0.25) is 0 Å². The lowest BCUT2D eigenvalue weighted by molar-refractivity contribution is 0.249. The van der Waals surface area contributed by atoms with Gasteiger partial charge in [0.25, 0.3) is 0 Å². The smallest absolute Gasteiger partial charge is 0.191 e. The van der Waals surface area contributed by atoms with E-state index in [9.17, 15) is 0 Å². The van der Waals surface area contributed by atoms with Gasteiger partial charge in [-0.1, -0.05) is 30.4 Å². The van der Waals surface area contributed by atoms with E-state index < -0.39 is 0 Å². The number of nitrogens with one attached hydrogen (secondary N) is 2. The van der Waals surface area contributed by atoms with Crippen molar-refractivity contribution in [3.05, 3.63) is 64.4 Å². The van der Waals surface area contributed by atoms with Gasteiger partial charge in [0, 0.05) is 36.7 Å². The van der Waals surface area contributed by atoms with Crippen LogP contribution in [0.3, 0.4) is 0 Å². The molecule has 2 N–H and O–H groups in total. The predicted octanol–water partition coefficient (Wildman–Crippen LogP) is 4.02. The number of hydrogen-bond donors (Lipinski definition) is 2. The SMILES string of the molecule is CCNC(=NCc1ccc(N2CC=CC2)cc1)NCC(c1cccs1)N1CCCC1. The van der Waals surface area contributed by atoms with Crippen LogP contribution in [0.1, 0.15) is 36.2 Å². The summed E-state index contributed by atoms with van der Waals surface area (Å²) in [4.78, 5) is 11.2. The second kappa shape index (κ2) is 10.6. The van der Waals surface area contributed by atoms with Gasteiger partial charge in [-0.15, -0.1) is 11.3 Å². The van der Waals surface area contributed by atoms with Crippen molar-refractivity contribution in [3.8, 4) is 0 Å². The topological polar surface area (TPSA) is 42.9 Å². The Morgan fingerprint density at radius 1 is 1.07 bits per heavy atom. The summed E-state index contributed by atoms with van der Waals surface area (Å²) in [5.74, 6) is 0.895. The fourth-order valence-corrected chi connectivity index (χ4v) is 5.01. The number of likely N-dealkylation sites (tertiary alicyclic amines) is 1. The lowest BCUT2D eigenvalue weighted by atomic mass is 10.2. The second-order valence-electron chi connectivity index (χ2n) is 7.89. The monoisotopic (exact) mass is 423 g/mol. The molecule has 6 heteroatoms. The molecule has 5 nitrogen and oxygen atoms in total. The third-order valence-electron chi connectivity index (χ3n) is 5.80. The maximum absolute atomic E-state index is 4.84. The van der Waals surface area contributed by atoms with Gasteiger partial charge in [0.2, 0.25) is 0 Å². The average Bonchev–Trinajstić information content (AvgIpc) is 3.56. The zero-order valence-corrected chi connectivity index (χ0v) is 18.7. The van der Waals surface area contributed by atoms with Gasteiger partial charge in [-0.3, -0.25) is 4.90 Å². The molecule has 1 unspecified atom stereocenters. The van der Waals surface area contributed by atoms with E-state index in [2.05, 4.69) is 81.3 Å². The van der Waals surface area contributed by atoms with Crippen LogP contribution in [-0.2, 0) is 6.54 Å². The molecule has 160 valence electrons. The zero-order chi connectivity index (χ0) is 20.6. The number of thiophene rings is 1. The molecule has 0 saturated carbocycles. The lowest BCUT2D eigenvalue weighted by Gasteiger charge is -2.27. The van der Waals surface area contributed by atoms with Crippen molar-refractivity contribution in [2.75, 3.05) is 44.2 Å². The van der Waals surface area contributed by atoms with Crippen molar-refractivity contribution in [2.24, 2.45) is 4.99 Å². The number of anilines is 1. The van der Waals surface area contributed by atoms with Gasteiger partial charge < -0.3 is 15.5 Å². The van der Waals surface area contributed by atoms with Gasteiger partial charge in [-0.2, -0.15) is 0 Å². The van der Waals surface area contributed by atoms with Crippen LogP contribution in [0.4, 0.5) is 5.69 Å². The van der Waals surface area contributed by atoms with Crippen molar-refractivity contribution in [1.29, 1.82) is 0 Å². The third-order valence-corrected chi connectivity index (χ3v) is 6.77. The van der Waals surface area contributed by atoms with Crippen LogP contribution in [0.15, 0.2) is 58.9 Å². The molecule has 0 amide bonds. The number of guanidine groups is 1. The minimum absolute atomic E-state index is 0.421. The number of benzene rings is 1. The molecule has 0 radical (unpaired) electrons. The van der Waals surface area contributed by atoms with E-state index in [0.717, 1.165) is 32.1 Å². The highest BCUT2D eigenvalue weighted by Gasteiger charge is 2.24. The summed E-state index contributed by atoms with van der Waals surface area (Å²) in [6, 6.07) is 13.6. The van der Waals surface area contributed by atoms with Gasteiger partial charge in [0.05, 0.1) is 12.6 Å². The summed E-state index contributed by atoms with van der Waals surface area (Å²) in [6.07, 6.45) is 7.05. The molecular weight excluding hydrogens is 390 g/mol. The van der Waals surface area contributed by atoms with E-state index in [-0.39, 0.29) is 0 Å². The van der Waals surface area contributed by atoms with Gasteiger partial charge in [-0.25, -0.2) is 4.99 Å². The van der Waals surface area contributed by atoms with Crippen LogP contribution in [0.5, 0.6) is 0 Å². The van der Waals surface area contributed by atoms with Crippen LogP contribution >= 0.6 is 11.3 Å². The molecular formula is C24H33N5S. The van der Waals surface area contributed by atoms with E-state index >= 15 is 0 Å². The molecule has 1 saturated heterocycles. The molecule has 0 spiro atoms. The Hall–Kier alpha value is -2.31. The van der Waals surface area contributed by atoms with Crippen LogP contribution < -0.4 is 15.5 Å². The highest BCUT2D eigenvalue weighted by molar-refractivity contribution is 7.10. The summed E-state index contributed by atoms with van der Waals surface area (Å²) in [5.41, 5.74) is 2.51. The normalized spacial score (nSPS) is 18.2. The predicted molar refractivity (Wildman–Crippen MR) is 128 cm³/mol. The summed E-state index contributed by atoms with van der Waals surface area (Å²) < 4.78 is 0. The maximum atomic E-state index is 4.84. The second-order valence-corrected chi connectivity index (χ2v) is 8.87. The Balaban J connectivity index is 1.37. The molecule has 1 atom stereocenters. The molecule has 1 aromatic carbocycles. The fraction of sp³-hybridized carbons (Fsp3) is 0.458. The Labute approximate surface area is 184 Å². The number of rotatable bonds is 8. The molecule has 2 aliphatic rings. The van der Waals surface area contributed by atoms with Crippen molar-refractivity contribution < 1.29 is 0 Å². The largest absolute Gasteiger partial charge is 0.364 e. The van der Waals surface area contributed by atoms with Gasteiger partial charge >= 0.3 is 0 Å². The summed E-state index contributed by atoms with van der Waals surface area (Å²) >= 11 is 1.85. The minimum Gasteiger partial charge on any atom is -0.364 e. The Kier molecular flexibility index (Phi) is 7.43. The Morgan fingerprint density at radius 3 is 2.50 bits per heavy atom. The standard InChI is InChI=1S/C24H33N5S/c1-2-25-24(26-18-20-9-11-21(12-10-20)28-13-3-4-14-28)27-19-22(23-8-7-17-30-23)29-15-5-6-16-29/h3-4,7-12,17,22H,2,5-6,13-16,18-19H2,1H3,(H2,25,26,27). The maximum Gasteiger partial charge on any atom is 0.191 e. The first-order chi connectivity index (χ1) is 14.8. The molecule has 0 aliphatic carbocycles. The molecule has 1 aromatic heterocycles. The third kappa shape index (κ3) is 5.43. The minimum atomic E-state index is 0.421. The Morgan fingerprint density at radius 2 is 1.83 bits per heavy atom. The van der Waals surface area contributed by atoms with Gasteiger partial charge in [0.15, 0.2) is 5.96 Å². The van der Waals surface area contributed by atoms with Crippen LogP contribution in [0.25, 0.3) is 0 Å². The molecule has 1 fully saturated rings. The Bertz CT molecular complexity index is 814. The molecule has 3 heterocycles. The fourth-order valence-electron chi connectivity index (χ4n) is 4.15. The van der Waals surface area contributed by atoms with Crippen molar-refractivity contribution in [1.82, 2.24) is 15.5 Å². The number of nitrogens with zero attached hydrogens (tertiary/aromatic N) is 3. The van der Waals surface area contributed by atoms with Crippen LogP contribution in [-0.4, -0.2) is 50.1 Å². The lowest BCUT2D eigenvalue weighted by Crippen LogP contribution is -2.42. The first-order valence-electron chi connectivity index (χ1n) is 11.1. The van der Waals surface area contributed by atoms with E-state index in [1.54, 1.807) is 0 Å². The zero-order valence-electron chi connectivity index (χ0n) is 17.9. The first-order valence-corrected chi connectivity index (χ1v) is 12.0. The van der Waals surface area contributed by atoms with E-state index in [1.165, 1.54) is 42.1 Å². The quantitative estimate of drug-likeness (QED) is 0.382. The van der Waals surface area contributed by atoms with Gasteiger partial charge in [0.1, 0.15) is 0 Å². The van der Waals surface area contributed by atoms with E-state index in [4.69, 9.17) is 4.99 Å². The average molecular weight is 424 g/mol. The molecule has 4 rings (SSSR count). The van der Waals surface area contributed by atoms with Crippen molar-refractivity contribution in [3.63, 3.8) is 0 Å². The van der Waals surface area contributed by atoms with Gasteiger partial charge in [-0.05, 0) is 62.0 Å². The van der Waals surface area contributed by atoms with E-state index in [1.807, 2.05) is 11.3 Å². The van der Waals surface area contributed by atoms with Crippen molar-refractivity contribution >= 4 is 23.0 Å². The molecule has 30 heavy (non-hydrogen) atoms. The van der Waals surface area contributed by atoms with Crippen LogP contribution in [0, 0.1) is 0 Å². The number of hydrogen-bond acceptors (Lipinski definition) is 4. The summed E-state index contributed by atoms with van der Waals surface area (Å²) in [6.45, 7) is 8.94. The molecule has 2 aromatic rings. The molecule has 2 aliphatic heterocycles.